The van der Waals surface area contributed by atoms with Crippen molar-refractivity contribution in [1.29, 1.82) is 5.26 Å². The molecular formula is C22H14FN3OS. The Bertz CT molecular complexity index is 1190. The van der Waals surface area contributed by atoms with Crippen LogP contribution >= 0.6 is 11.3 Å². The van der Waals surface area contributed by atoms with E-state index in [1.165, 1.54) is 35.6 Å². The number of amides is 1. The van der Waals surface area contributed by atoms with E-state index in [2.05, 4.69) is 16.7 Å². The highest BCUT2D eigenvalue weighted by Gasteiger charge is 2.08. The molecule has 0 fully saturated rings. The number of anilines is 3. The summed E-state index contributed by atoms with van der Waals surface area (Å²) in [5.74, 6) is -0.678. The molecule has 0 saturated carbocycles. The Balaban J connectivity index is 1.49. The summed E-state index contributed by atoms with van der Waals surface area (Å²) >= 11 is 1.46. The molecule has 0 spiro atoms. The summed E-state index contributed by atoms with van der Waals surface area (Å²) in [4.78, 5) is 12.9. The van der Waals surface area contributed by atoms with Gasteiger partial charge in [-0.3, -0.25) is 4.79 Å². The van der Waals surface area contributed by atoms with E-state index in [0.717, 1.165) is 21.5 Å². The zero-order valence-corrected chi connectivity index (χ0v) is 15.4. The number of thiophene rings is 1. The minimum absolute atomic E-state index is 0.298. The van der Waals surface area contributed by atoms with E-state index in [1.807, 2.05) is 36.4 Å². The second-order valence-corrected chi connectivity index (χ2v) is 7.19. The lowest BCUT2D eigenvalue weighted by atomic mass is 10.2. The number of carbonyl (C=O) groups is 1. The zero-order valence-electron chi connectivity index (χ0n) is 14.6. The van der Waals surface area contributed by atoms with Gasteiger partial charge in [0.25, 0.3) is 5.91 Å². The molecule has 4 aromatic rings. The van der Waals surface area contributed by atoms with Crippen LogP contribution in [0.1, 0.15) is 15.2 Å². The summed E-state index contributed by atoms with van der Waals surface area (Å²) < 4.78 is 14.0. The smallest absolute Gasteiger partial charge is 0.255 e. The maximum Gasteiger partial charge on any atom is 0.255 e. The molecule has 0 atom stereocenters. The first-order valence-corrected chi connectivity index (χ1v) is 9.31. The first-order valence-electron chi connectivity index (χ1n) is 8.49. The maximum absolute atomic E-state index is 13.0. The SMILES string of the molecule is N#Cc1cc2c(Nc3ccc(NC(=O)c4ccc(F)cc4)cc3)cccc2s1. The van der Waals surface area contributed by atoms with E-state index < -0.39 is 0 Å². The first-order chi connectivity index (χ1) is 13.6. The van der Waals surface area contributed by atoms with E-state index in [9.17, 15) is 9.18 Å². The number of hydrogen-bond acceptors (Lipinski definition) is 4. The predicted molar refractivity (Wildman–Crippen MR) is 111 cm³/mol. The number of fused-ring (bicyclic) bond motifs is 1. The first kappa shape index (κ1) is 17.7. The molecule has 0 saturated heterocycles. The van der Waals surface area contributed by atoms with Crippen LogP contribution in [0.2, 0.25) is 0 Å². The summed E-state index contributed by atoms with van der Waals surface area (Å²) in [6.07, 6.45) is 0. The van der Waals surface area contributed by atoms with Crippen molar-refractivity contribution in [1.82, 2.24) is 0 Å². The average molecular weight is 387 g/mol. The van der Waals surface area contributed by atoms with Crippen molar-refractivity contribution in [3.05, 3.63) is 89.1 Å². The van der Waals surface area contributed by atoms with Gasteiger partial charge in [-0.1, -0.05) is 6.07 Å². The molecule has 0 aliphatic carbocycles. The van der Waals surface area contributed by atoms with Crippen molar-refractivity contribution >= 4 is 44.4 Å². The second kappa shape index (κ2) is 7.51. The van der Waals surface area contributed by atoms with Gasteiger partial charge in [-0.2, -0.15) is 5.26 Å². The lowest BCUT2D eigenvalue weighted by molar-refractivity contribution is 0.102. The van der Waals surface area contributed by atoms with Crippen molar-refractivity contribution in [2.75, 3.05) is 10.6 Å². The molecule has 0 bridgehead atoms. The van der Waals surface area contributed by atoms with Gasteiger partial charge in [-0.15, -0.1) is 11.3 Å². The Morgan fingerprint density at radius 1 is 0.964 bits per heavy atom. The molecule has 3 aromatic carbocycles. The van der Waals surface area contributed by atoms with Crippen LogP contribution in [0.4, 0.5) is 21.5 Å². The zero-order chi connectivity index (χ0) is 19.5. The number of carbonyl (C=O) groups excluding carboxylic acids is 1. The Morgan fingerprint density at radius 3 is 2.39 bits per heavy atom. The Hall–Kier alpha value is -3.69. The minimum atomic E-state index is -0.380. The van der Waals surface area contributed by atoms with E-state index in [4.69, 9.17) is 5.26 Å². The average Bonchev–Trinajstić information content (AvgIpc) is 3.14. The molecule has 0 aliphatic heterocycles. The molecule has 28 heavy (non-hydrogen) atoms. The minimum Gasteiger partial charge on any atom is -0.355 e. The van der Waals surface area contributed by atoms with E-state index in [0.29, 0.717) is 16.1 Å². The lowest BCUT2D eigenvalue weighted by Crippen LogP contribution is -2.11. The van der Waals surface area contributed by atoms with E-state index in [-0.39, 0.29) is 11.7 Å². The van der Waals surface area contributed by atoms with Crippen molar-refractivity contribution in [2.24, 2.45) is 0 Å². The van der Waals surface area contributed by atoms with Gasteiger partial charge in [0, 0.05) is 32.7 Å². The second-order valence-electron chi connectivity index (χ2n) is 6.10. The molecule has 136 valence electrons. The van der Waals surface area contributed by atoms with Crippen LogP contribution in [0, 0.1) is 17.1 Å². The van der Waals surface area contributed by atoms with Gasteiger partial charge in [0.05, 0.1) is 0 Å². The van der Waals surface area contributed by atoms with Gasteiger partial charge in [-0.05, 0) is 66.7 Å². The van der Waals surface area contributed by atoms with Crippen LogP contribution in [0.5, 0.6) is 0 Å². The largest absolute Gasteiger partial charge is 0.355 e. The Labute approximate surface area is 164 Å². The predicted octanol–water partition coefficient (Wildman–Crippen LogP) is 5.91. The van der Waals surface area contributed by atoms with E-state index in [1.54, 1.807) is 12.1 Å². The Kier molecular flexibility index (Phi) is 4.75. The van der Waals surface area contributed by atoms with Crippen molar-refractivity contribution < 1.29 is 9.18 Å². The van der Waals surface area contributed by atoms with E-state index >= 15 is 0 Å². The van der Waals surface area contributed by atoms with Gasteiger partial charge in [-0.25, -0.2) is 4.39 Å². The third-order valence-electron chi connectivity index (χ3n) is 4.20. The molecular weight excluding hydrogens is 373 g/mol. The monoisotopic (exact) mass is 387 g/mol. The summed E-state index contributed by atoms with van der Waals surface area (Å²) in [7, 11) is 0. The summed E-state index contributed by atoms with van der Waals surface area (Å²) in [5, 5.41) is 16.2. The summed E-state index contributed by atoms with van der Waals surface area (Å²) in [6, 6.07) is 22.6. The van der Waals surface area contributed by atoms with Crippen LogP contribution in [0.3, 0.4) is 0 Å². The third-order valence-corrected chi connectivity index (χ3v) is 5.20. The van der Waals surface area contributed by atoms with Gasteiger partial charge in [0.1, 0.15) is 16.8 Å². The lowest BCUT2D eigenvalue weighted by Gasteiger charge is -2.10. The third kappa shape index (κ3) is 3.70. The molecule has 0 radical (unpaired) electrons. The van der Waals surface area contributed by atoms with Crippen LogP contribution in [0.25, 0.3) is 10.1 Å². The molecule has 4 nitrogen and oxygen atoms in total. The molecule has 0 aliphatic rings. The van der Waals surface area contributed by atoms with Crippen molar-refractivity contribution in [2.45, 2.75) is 0 Å². The number of halogens is 1. The number of rotatable bonds is 4. The molecule has 2 N–H and O–H groups in total. The molecule has 0 unspecified atom stereocenters. The molecule has 4 rings (SSSR count). The Morgan fingerprint density at radius 2 is 1.68 bits per heavy atom. The van der Waals surface area contributed by atoms with Crippen molar-refractivity contribution in [3.8, 4) is 6.07 Å². The van der Waals surface area contributed by atoms with Crippen LogP contribution in [-0.4, -0.2) is 5.91 Å². The topological polar surface area (TPSA) is 64.9 Å². The molecule has 6 heteroatoms. The quantitative estimate of drug-likeness (QED) is 0.458. The van der Waals surface area contributed by atoms with Gasteiger partial charge in [0.2, 0.25) is 0 Å². The van der Waals surface area contributed by atoms with Gasteiger partial charge < -0.3 is 10.6 Å². The maximum atomic E-state index is 13.0. The molecule has 1 aromatic heterocycles. The van der Waals surface area contributed by atoms with Crippen LogP contribution < -0.4 is 10.6 Å². The fourth-order valence-corrected chi connectivity index (χ4v) is 3.71. The number of nitrogens with one attached hydrogen (secondary N) is 2. The number of hydrogen-bond donors (Lipinski definition) is 2. The highest BCUT2D eigenvalue weighted by Crippen LogP contribution is 2.32. The van der Waals surface area contributed by atoms with Gasteiger partial charge >= 0.3 is 0 Å². The fourth-order valence-electron chi connectivity index (χ4n) is 2.82. The molecule has 1 amide bonds. The molecule has 1 heterocycles. The summed E-state index contributed by atoms with van der Waals surface area (Å²) in [6.45, 7) is 0. The highest BCUT2D eigenvalue weighted by atomic mass is 32.1. The highest BCUT2D eigenvalue weighted by molar-refractivity contribution is 7.19. The van der Waals surface area contributed by atoms with Crippen LogP contribution in [0.15, 0.2) is 72.8 Å². The number of nitrogens with zero attached hydrogens (tertiary/aromatic N) is 1. The normalized spacial score (nSPS) is 10.4. The van der Waals surface area contributed by atoms with Crippen LogP contribution in [-0.2, 0) is 0 Å². The standard InChI is InChI=1S/C22H14FN3OS/c23-15-6-4-14(5-7-15)22(27)26-17-10-8-16(9-11-17)25-20-2-1-3-21-19(20)12-18(13-24)28-21/h1-12,25H,(H,26,27). The number of benzene rings is 3. The summed E-state index contributed by atoms with van der Waals surface area (Å²) in [5.41, 5.74) is 2.80. The fraction of sp³-hybridized carbons (Fsp3) is 0. The number of nitriles is 1. The van der Waals surface area contributed by atoms with Crippen molar-refractivity contribution in [3.63, 3.8) is 0 Å². The van der Waals surface area contributed by atoms with Gasteiger partial charge in [0.15, 0.2) is 0 Å².